The van der Waals surface area contributed by atoms with Crippen molar-refractivity contribution in [1.82, 2.24) is 9.97 Å². The summed E-state index contributed by atoms with van der Waals surface area (Å²) >= 11 is 0. The summed E-state index contributed by atoms with van der Waals surface area (Å²) in [5, 5.41) is 18.6. The number of anilines is 1. The number of carboxylic acid groups (broad SMARTS) is 1. The highest BCUT2D eigenvalue weighted by molar-refractivity contribution is 5.90. The quantitative estimate of drug-likeness (QED) is 0.302. The maximum atomic E-state index is 10.9. The fourth-order valence-electron chi connectivity index (χ4n) is 0.823. The van der Waals surface area contributed by atoms with Crippen LogP contribution in [0.15, 0.2) is 6.20 Å². The molecule has 0 fully saturated rings. The van der Waals surface area contributed by atoms with E-state index in [-0.39, 0.29) is 0 Å². The van der Waals surface area contributed by atoms with E-state index < -0.39 is 40.8 Å². The van der Waals surface area contributed by atoms with Gasteiger partial charge in [-0.2, -0.15) is 9.97 Å². The molecule has 1 aromatic heterocycles. The second-order valence-corrected chi connectivity index (χ2v) is 2.72. The molecule has 0 bridgehead atoms. The molecular weight excluding hydrogens is 236 g/mol. The van der Waals surface area contributed by atoms with E-state index in [0.717, 1.165) is 6.20 Å². The van der Waals surface area contributed by atoms with Crippen LogP contribution in [0.2, 0.25) is 0 Å². The number of hydrogen-bond acceptors (Lipinski definition) is 8. The van der Waals surface area contributed by atoms with Crippen LogP contribution >= 0.6 is 0 Å². The summed E-state index contributed by atoms with van der Waals surface area (Å²) < 4.78 is 4.40. The molecule has 0 unspecified atom stereocenters. The number of ether oxygens (including phenoxy) is 1. The Morgan fingerprint density at radius 1 is 1.59 bits per heavy atom. The maximum absolute atomic E-state index is 10.9. The maximum Gasteiger partial charge on any atom is 0.329 e. The Balaban J connectivity index is 2.81. The Hall–Kier alpha value is -2.78. The van der Waals surface area contributed by atoms with Gasteiger partial charge in [-0.25, -0.2) is 0 Å². The number of carbonyl (C=O) groups is 2. The number of nitrogens with two attached hydrogens (primary N) is 1. The van der Waals surface area contributed by atoms with Crippen molar-refractivity contribution >= 4 is 23.4 Å². The number of aromatic nitrogens is 2. The van der Waals surface area contributed by atoms with E-state index in [4.69, 9.17) is 10.8 Å². The molecule has 0 spiro atoms. The molecule has 10 nitrogen and oxygen atoms in total. The smallest absolute Gasteiger partial charge is 0.329 e. The molecule has 3 N–H and O–H groups in total. The number of carboxylic acids is 1. The molecule has 0 amide bonds. The molecule has 0 saturated carbocycles. The number of carbonyl (C=O) groups excluding carboxylic acids is 1. The molecule has 0 saturated heterocycles. The van der Waals surface area contributed by atoms with Crippen LogP contribution in [-0.2, 0) is 9.59 Å². The number of aliphatic carboxylic acids is 1. The van der Waals surface area contributed by atoms with E-state index in [1.54, 1.807) is 0 Å². The predicted octanol–water partition coefficient (Wildman–Crippen LogP) is -0.653. The first-order valence-corrected chi connectivity index (χ1v) is 4.09. The van der Waals surface area contributed by atoms with E-state index in [1.165, 1.54) is 0 Å². The van der Waals surface area contributed by atoms with E-state index in [2.05, 4.69) is 14.7 Å². The van der Waals surface area contributed by atoms with Gasteiger partial charge in [-0.1, -0.05) is 0 Å². The normalized spacial score (nSPS) is 9.65. The molecule has 0 aliphatic carbocycles. The highest BCUT2D eigenvalue weighted by Crippen LogP contribution is 2.19. The zero-order chi connectivity index (χ0) is 13.0. The van der Waals surface area contributed by atoms with Gasteiger partial charge < -0.3 is 15.6 Å². The highest BCUT2D eigenvalue weighted by atomic mass is 16.6. The molecule has 0 aliphatic heterocycles. The Kier molecular flexibility index (Phi) is 3.49. The fourth-order valence-corrected chi connectivity index (χ4v) is 0.823. The summed E-state index contributed by atoms with van der Waals surface area (Å²) in [5.41, 5.74) is 4.66. The highest BCUT2D eigenvalue weighted by Gasteiger charge is 2.17. The van der Waals surface area contributed by atoms with Crippen molar-refractivity contribution in [1.29, 1.82) is 0 Å². The second kappa shape index (κ2) is 4.83. The van der Waals surface area contributed by atoms with Crippen molar-refractivity contribution in [2.75, 3.05) is 5.73 Å². The van der Waals surface area contributed by atoms with Crippen molar-refractivity contribution in [3.8, 4) is 6.01 Å². The topological polar surface area (TPSA) is 159 Å². The van der Waals surface area contributed by atoms with Crippen LogP contribution < -0.4 is 10.5 Å². The van der Waals surface area contributed by atoms with Crippen molar-refractivity contribution < 1.29 is 24.4 Å². The van der Waals surface area contributed by atoms with Crippen molar-refractivity contribution in [2.45, 2.75) is 6.42 Å². The van der Waals surface area contributed by atoms with Gasteiger partial charge >= 0.3 is 23.6 Å². The predicted molar refractivity (Wildman–Crippen MR) is 51.0 cm³/mol. The van der Waals surface area contributed by atoms with Gasteiger partial charge in [0.2, 0.25) is 5.82 Å². The van der Waals surface area contributed by atoms with Crippen molar-refractivity contribution in [2.24, 2.45) is 0 Å². The monoisotopic (exact) mass is 242 g/mol. The molecule has 0 atom stereocenters. The number of nitrogens with zero attached hydrogens (tertiary/aromatic N) is 3. The lowest BCUT2D eigenvalue weighted by Crippen LogP contribution is -2.15. The summed E-state index contributed by atoms with van der Waals surface area (Å²) in [4.78, 5) is 37.3. The number of rotatable bonds is 4. The van der Waals surface area contributed by atoms with Crippen molar-refractivity contribution in [3.05, 3.63) is 16.3 Å². The van der Waals surface area contributed by atoms with Crippen LogP contribution in [0.4, 0.5) is 11.5 Å². The molecule has 0 radical (unpaired) electrons. The van der Waals surface area contributed by atoms with Gasteiger partial charge in [-0.15, -0.1) is 0 Å². The first-order chi connectivity index (χ1) is 7.90. The standard InChI is InChI=1S/C7H6N4O6/c8-6-3(11(15)16)2-9-7(10-6)17-5(14)1-4(12)13/h2H,1H2,(H,12,13)(H2,8,9,10). The van der Waals surface area contributed by atoms with E-state index in [0.29, 0.717) is 0 Å². The molecule has 1 heterocycles. The Labute approximate surface area is 93.2 Å². The average molecular weight is 242 g/mol. The Morgan fingerprint density at radius 3 is 2.71 bits per heavy atom. The molecular formula is C7H6N4O6. The van der Waals surface area contributed by atoms with Crippen LogP contribution in [0.25, 0.3) is 0 Å². The van der Waals surface area contributed by atoms with Crippen LogP contribution in [-0.4, -0.2) is 31.9 Å². The SMILES string of the molecule is Nc1nc(OC(=O)CC(=O)O)ncc1[N+](=O)[O-]. The van der Waals surface area contributed by atoms with Crippen LogP contribution in [0, 0.1) is 10.1 Å². The first kappa shape index (κ1) is 12.3. The summed E-state index contributed by atoms with van der Waals surface area (Å²) in [7, 11) is 0. The summed E-state index contributed by atoms with van der Waals surface area (Å²) in [6.07, 6.45) is -0.119. The minimum Gasteiger partial charge on any atom is -0.481 e. The Bertz CT molecular complexity index is 487. The number of hydrogen-bond donors (Lipinski definition) is 2. The third-order valence-electron chi connectivity index (χ3n) is 1.47. The summed E-state index contributed by atoms with van der Waals surface area (Å²) in [6.45, 7) is 0. The first-order valence-electron chi connectivity index (χ1n) is 4.09. The van der Waals surface area contributed by atoms with Gasteiger partial charge in [0.1, 0.15) is 12.6 Å². The third-order valence-corrected chi connectivity index (χ3v) is 1.47. The molecule has 10 heteroatoms. The molecule has 17 heavy (non-hydrogen) atoms. The van der Waals surface area contributed by atoms with E-state index >= 15 is 0 Å². The molecule has 1 rings (SSSR count). The Morgan fingerprint density at radius 2 is 2.24 bits per heavy atom. The fraction of sp³-hybridized carbons (Fsp3) is 0.143. The zero-order valence-corrected chi connectivity index (χ0v) is 8.19. The van der Waals surface area contributed by atoms with Crippen LogP contribution in [0.5, 0.6) is 6.01 Å². The number of nitrogen functional groups attached to an aromatic ring is 1. The minimum atomic E-state index is -1.38. The lowest BCUT2D eigenvalue weighted by Gasteiger charge is -2.01. The van der Waals surface area contributed by atoms with Crippen molar-refractivity contribution in [3.63, 3.8) is 0 Å². The van der Waals surface area contributed by atoms with Gasteiger partial charge in [-0.05, 0) is 0 Å². The van der Waals surface area contributed by atoms with E-state index in [1.807, 2.05) is 0 Å². The number of nitro groups is 1. The van der Waals surface area contributed by atoms with E-state index in [9.17, 15) is 19.7 Å². The molecule has 1 aromatic rings. The third kappa shape index (κ3) is 3.37. The average Bonchev–Trinajstić information content (AvgIpc) is 2.15. The molecule has 0 aliphatic rings. The summed E-state index contributed by atoms with van der Waals surface area (Å²) in [5.74, 6) is -2.97. The largest absolute Gasteiger partial charge is 0.481 e. The molecule has 0 aromatic carbocycles. The van der Waals surface area contributed by atoms with Crippen LogP contribution in [0.1, 0.15) is 6.42 Å². The van der Waals surface area contributed by atoms with Gasteiger partial charge in [0.15, 0.2) is 0 Å². The lowest BCUT2D eigenvalue weighted by molar-refractivity contribution is -0.384. The van der Waals surface area contributed by atoms with Gasteiger partial charge in [-0.3, -0.25) is 19.7 Å². The van der Waals surface area contributed by atoms with Gasteiger partial charge in [0, 0.05) is 0 Å². The molecule has 90 valence electrons. The lowest BCUT2D eigenvalue weighted by atomic mass is 10.4. The number of esters is 1. The van der Waals surface area contributed by atoms with Crippen LogP contribution in [0.3, 0.4) is 0 Å². The minimum absolute atomic E-state index is 0.483. The second-order valence-electron chi connectivity index (χ2n) is 2.72. The van der Waals surface area contributed by atoms with Gasteiger partial charge in [0.25, 0.3) is 0 Å². The van der Waals surface area contributed by atoms with Gasteiger partial charge in [0.05, 0.1) is 4.92 Å². The summed E-state index contributed by atoms with van der Waals surface area (Å²) in [6, 6.07) is -0.542. The zero-order valence-electron chi connectivity index (χ0n) is 8.19.